The van der Waals surface area contributed by atoms with Gasteiger partial charge in [0.1, 0.15) is 11.9 Å². The number of ketones is 1. The van der Waals surface area contributed by atoms with Crippen molar-refractivity contribution in [2.45, 2.75) is 13.1 Å². The number of halogens is 4. The Bertz CT molecular complexity index is 485. The van der Waals surface area contributed by atoms with Crippen molar-refractivity contribution >= 4 is 5.78 Å². The number of carbonyl (C=O) groups excluding carboxylic acids is 1. The molecule has 0 bridgehead atoms. The zero-order valence-electron chi connectivity index (χ0n) is 8.02. The van der Waals surface area contributed by atoms with Crippen molar-refractivity contribution in [2.75, 3.05) is 0 Å². The molecule has 0 amide bonds. The van der Waals surface area contributed by atoms with Gasteiger partial charge in [0, 0.05) is 0 Å². The molecule has 0 radical (unpaired) electrons. The minimum Gasteiger partial charge on any atom is -0.294 e. The van der Waals surface area contributed by atoms with E-state index in [9.17, 15) is 22.4 Å². The van der Waals surface area contributed by atoms with Crippen molar-refractivity contribution in [1.82, 2.24) is 0 Å². The first kappa shape index (κ1) is 12.2. The molecule has 0 aliphatic heterocycles. The van der Waals surface area contributed by atoms with E-state index in [0.29, 0.717) is 12.1 Å². The van der Waals surface area contributed by atoms with Crippen molar-refractivity contribution in [3.63, 3.8) is 0 Å². The molecule has 0 N–H and O–H groups in total. The quantitative estimate of drug-likeness (QED) is 0.550. The second-order valence-corrected chi connectivity index (χ2v) is 3.01. The van der Waals surface area contributed by atoms with E-state index in [4.69, 9.17) is 5.26 Å². The molecule has 2 nitrogen and oxygen atoms in total. The Morgan fingerprint density at radius 3 is 2.31 bits per heavy atom. The Kier molecular flexibility index (Phi) is 2.99. The van der Waals surface area contributed by atoms with E-state index in [1.165, 1.54) is 6.07 Å². The molecule has 1 rings (SSSR count). The first-order chi connectivity index (χ1) is 7.29. The lowest BCUT2D eigenvalue weighted by Gasteiger charge is -2.11. The lowest BCUT2D eigenvalue weighted by atomic mass is 9.98. The highest BCUT2D eigenvalue weighted by molar-refractivity contribution is 5.97. The van der Waals surface area contributed by atoms with Crippen LogP contribution in [0.2, 0.25) is 0 Å². The highest BCUT2D eigenvalue weighted by Crippen LogP contribution is 2.33. The summed E-state index contributed by atoms with van der Waals surface area (Å²) in [4.78, 5) is 11.0. The van der Waals surface area contributed by atoms with Gasteiger partial charge in [0.2, 0.25) is 0 Å². The molecule has 0 fully saturated rings. The number of nitrogens with zero attached hydrogens (tertiary/aromatic N) is 1. The summed E-state index contributed by atoms with van der Waals surface area (Å²) in [6.07, 6.45) is -4.79. The number of alkyl halides is 3. The topological polar surface area (TPSA) is 40.9 Å². The average Bonchev–Trinajstić information content (AvgIpc) is 2.14. The van der Waals surface area contributed by atoms with Crippen LogP contribution in [0.25, 0.3) is 0 Å². The maximum Gasteiger partial charge on any atom is 0.417 e. The number of carbonyl (C=O) groups is 1. The first-order valence-electron chi connectivity index (χ1n) is 4.09. The normalized spacial score (nSPS) is 11.0. The van der Waals surface area contributed by atoms with E-state index >= 15 is 0 Å². The molecule has 0 aliphatic rings. The molecule has 0 saturated heterocycles. The summed E-state index contributed by atoms with van der Waals surface area (Å²) >= 11 is 0. The Morgan fingerprint density at radius 1 is 1.38 bits per heavy atom. The highest BCUT2D eigenvalue weighted by atomic mass is 19.4. The van der Waals surface area contributed by atoms with Gasteiger partial charge in [-0.05, 0) is 19.1 Å². The Morgan fingerprint density at radius 2 is 1.94 bits per heavy atom. The standard InChI is InChI=1S/C10H5F4NO/c1-5(16)9-6(4-15)7(10(12,13)14)2-3-8(9)11/h2-3H,1H3. The van der Waals surface area contributed by atoms with Gasteiger partial charge < -0.3 is 0 Å². The summed E-state index contributed by atoms with van der Waals surface area (Å²) in [5.41, 5.74) is -3.10. The Labute approximate surface area is 88.1 Å². The molecule has 0 atom stereocenters. The largest absolute Gasteiger partial charge is 0.417 e. The molecule has 0 aromatic heterocycles. The SMILES string of the molecule is CC(=O)c1c(F)ccc(C(F)(F)F)c1C#N. The Hall–Kier alpha value is -1.90. The third-order valence-electron chi connectivity index (χ3n) is 1.92. The van der Waals surface area contributed by atoms with Crippen LogP contribution in [0.3, 0.4) is 0 Å². The second kappa shape index (κ2) is 3.93. The van der Waals surface area contributed by atoms with E-state index in [-0.39, 0.29) is 0 Å². The fraction of sp³-hybridized carbons (Fsp3) is 0.200. The van der Waals surface area contributed by atoms with Crippen molar-refractivity contribution in [3.05, 3.63) is 34.6 Å². The molecule has 6 heteroatoms. The van der Waals surface area contributed by atoms with Gasteiger partial charge in [-0.15, -0.1) is 0 Å². The highest BCUT2D eigenvalue weighted by Gasteiger charge is 2.36. The van der Waals surface area contributed by atoms with Crippen LogP contribution in [0.5, 0.6) is 0 Å². The van der Waals surface area contributed by atoms with Gasteiger partial charge >= 0.3 is 6.18 Å². The van der Waals surface area contributed by atoms with E-state index < -0.39 is 34.5 Å². The van der Waals surface area contributed by atoms with Crippen LogP contribution < -0.4 is 0 Å². The summed E-state index contributed by atoms with van der Waals surface area (Å²) in [7, 11) is 0. The molecule has 0 saturated carbocycles. The van der Waals surface area contributed by atoms with E-state index in [1.807, 2.05) is 0 Å². The maximum atomic E-state index is 13.1. The second-order valence-electron chi connectivity index (χ2n) is 3.01. The zero-order valence-corrected chi connectivity index (χ0v) is 8.02. The molecule has 84 valence electrons. The Balaban J connectivity index is 3.64. The van der Waals surface area contributed by atoms with Crippen LogP contribution in [0, 0.1) is 17.1 Å². The van der Waals surface area contributed by atoms with Gasteiger partial charge in [-0.2, -0.15) is 18.4 Å². The smallest absolute Gasteiger partial charge is 0.294 e. The molecule has 0 unspecified atom stereocenters. The fourth-order valence-corrected chi connectivity index (χ4v) is 1.27. The van der Waals surface area contributed by atoms with Gasteiger partial charge in [0.05, 0.1) is 16.7 Å². The van der Waals surface area contributed by atoms with Crippen LogP contribution in [-0.4, -0.2) is 5.78 Å². The van der Waals surface area contributed by atoms with Crippen LogP contribution in [0.4, 0.5) is 17.6 Å². The third kappa shape index (κ3) is 2.03. The van der Waals surface area contributed by atoms with Crippen molar-refractivity contribution in [3.8, 4) is 6.07 Å². The summed E-state index contributed by atoms with van der Waals surface area (Å²) in [6, 6.07) is 2.18. The summed E-state index contributed by atoms with van der Waals surface area (Å²) in [5, 5.41) is 8.57. The van der Waals surface area contributed by atoms with Gasteiger partial charge in [-0.3, -0.25) is 4.79 Å². The van der Waals surface area contributed by atoms with E-state index in [0.717, 1.165) is 6.92 Å². The lowest BCUT2D eigenvalue weighted by molar-refractivity contribution is -0.137. The fourth-order valence-electron chi connectivity index (χ4n) is 1.27. The molecule has 0 aliphatic carbocycles. The van der Waals surface area contributed by atoms with Crippen LogP contribution in [0.15, 0.2) is 12.1 Å². The van der Waals surface area contributed by atoms with Crippen LogP contribution in [0.1, 0.15) is 28.4 Å². The van der Waals surface area contributed by atoms with Gasteiger partial charge in [-0.25, -0.2) is 4.39 Å². The van der Waals surface area contributed by atoms with Crippen LogP contribution in [-0.2, 0) is 6.18 Å². The maximum absolute atomic E-state index is 13.1. The summed E-state index contributed by atoms with van der Waals surface area (Å²) in [5.74, 6) is -2.04. The van der Waals surface area contributed by atoms with Crippen molar-refractivity contribution in [1.29, 1.82) is 5.26 Å². The van der Waals surface area contributed by atoms with Gasteiger partial charge in [0.15, 0.2) is 5.78 Å². The molecule has 16 heavy (non-hydrogen) atoms. The van der Waals surface area contributed by atoms with Crippen molar-refractivity contribution in [2.24, 2.45) is 0 Å². The van der Waals surface area contributed by atoms with Crippen molar-refractivity contribution < 1.29 is 22.4 Å². The van der Waals surface area contributed by atoms with Crippen LogP contribution >= 0.6 is 0 Å². The molecule has 1 aromatic carbocycles. The molecule has 0 heterocycles. The third-order valence-corrected chi connectivity index (χ3v) is 1.92. The summed E-state index contributed by atoms with van der Waals surface area (Å²) in [6.45, 7) is 0.902. The molecule has 0 spiro atoms. The lowest BCUT2D eigenvalue weighted by Crippen LogP contribution is -2.12. The number of hydrogen-bond donors (Lipinski definition) is 0. The molecular weight excluding hydrogens is 226 g/mol. The molecular formula is C10H5F4NO. The number of benzene rings is 1. The minimum atomic E-state index is -4.79. The predicted octanol–water partition coefficient (Wildman–Crippen LogP) is 2.92. The predicted molar refractivity (Wildman–Crippen MR) is 46.1 cm³/mol. The minimum absolute atomic E-state index is 0.445. The number of nitriles is 1. The van der Waals surface area contributed by atoms with Gasteiger partial charge in [0.25, 0.3) is 0 Å². The number of hydrogen-bond acceptors (Lipinski definition) is 2. The average molecular weight is 231 g/mol. The number of Topliss-reactive ketones (excluding diaryl/α,β-unsaturated/α-hetero) is 1. The zero-order chi connectivity index (χ0) is 12.5. The molecule has 1 aromatic rings. The summed E-state index contributed by atoms with van der Waals surface area (Å²) < 4.78 is 50.4. The number of rotatable bonds is 1. The first-order valence-corrected chi connectivity index (χ1v) is 4.09. The van der Waals surface area contributed by atoms with E-state index in [1.54, 1.807) is 0 Å². The monoisotopic (exact) mass is 231 g/mol. The van der Waals surface area contributed by atoms with Gasteiger partial charge in [-0.1, -0.05) is 0 Å². The van der Waals surface area contributed by atoms with E-state index in [2.05, 4.69) is 0 Å².